The summed E-state index contributed by atoms with van der Waals surface area (Å²) in [5.74, 6) is -0.313. The van der Waals surface area contributed by atoms with Gasteiger partial charge in [0.1, 0.15) is 17.1 Å². The van der Waals surface area contributed by atoms with Gasteiger partial charge in [-0.05, 0) is 43.3 Å². The van der Waals surface area contributed by atoms with E-state index >= 15 is 0 Å². The van der Waals surface area contributed by atoms with E-state index in [4.69, 9.17) is 5.73 Å². The van der Waals surface area contributed by atoms with E-state index in [-0.39, 0.29) is 11.4 Å². The molecule has 11 nitrogen and oxygen atoms in total. The monoisotopic (exact) mass is 569 g/mol. The molecule has 4 N–H and O–H groups in total. The fraction of sp³-hybridized carbons (Fsp3) is 0.103. The van der Waals surface area contributed by atoms with Crippen LogP contribution in [0.5, 0.6) is 0 Å². The lowest BCUT2D eigenvalue weighted by molar-refractivity contribution is 0.102. The second kappa shape index (κ2) is 10.7. The highest BCUT2D eigenvalue weighted by Crippen LogP contribution is 2.28. The summed E-state index contributed by atoms with van der Waals surface area (Å²) in [4.78, 5) is 35.3. The van der Waals surface area contributed by atoms with Gasteiger partial charge < -0.3 is 11.1 Å². The predicted molar refractivity (Wildman–Crippen MR) is 159 cm³/mol. The Balaban J connectivity index is 1.39. The average molecular weight is 570 g/mol. The molecule has 0 unspecified atom stereocenters. The molecule has 2 aromatic heterocycles. The summed E-state index contributed by atoms with van der Waals surface area (Å²) in [6.45, 7) is 1.72. The van der Waals surface area contributed by atoms with Gasteiger partial charge in [-0.3, -0.25) is 19.0 Å². The normalized spacial score (nSPS) is 11.3. The van der Waals surface area contributed by atoms with Crippen LogP contribution < -0.4 is 21.3 Å². The third-order valence-electron chi connectivity index (χ3n) is 6.46. The number of carbonyl (C=O) groups is 1. The summed E-state index contributed by atoms with van der Waals surface area (Å²) >= 11 is 0. The van der Waals surface area contributed by atoms with Gasteiger partial charge in [0.05, 0.1) is 29.5 Å². The van der Waals surface area contributed by atoms with Gasteiger partial charge >= 0.3 is 0 Å². The number of para-hydroxylation sites is 1. The number of hydrogen-bond donors (Lipinski definition) is 3. The second-order valence-electron chi connectivity index (χ2n) is 9.41. The van der Waals surface area contributed by atoms with Gasteiger partial charge in [-0.25, -0.2) is 23.1 Å². The Hall–Kier alpha value is -5.23. The number of hydrogen-bond acceptors (Lipinski definition) is 7. The van der Waals surface area contributed by atoms with E-state index in [0.29, 0.717) is 45.3 Å². The highest BCUT2D eigenvalue weighted by Gasteiger charge is 2.22. The van der Waals surface area contributed by atoms with E-state index < -0.39 is 21.5 Å². The summed E-state index contributed by atoms with van der Waals surface area (Å²) in [7, 11) is -1.71. The molecule has 0 fully saturated rings. The van der Waals surface area contributed by atoms with E-state index in [2.05, 4.69) is 20.0 Å². The van der Waals surface area contributed by atoms with Gasteiger partial charge in [-0.15, -0.1) is 0 Å². The van der Waals surface area contributed by atoms with Crippen LogP contribution in [0.3, 0.4) is 0 Å². The third kappa shape index (κ3) is 5.72. The number of anilines is 3. The summed E-state index contributed by atoms with van der Waals surface area (Å²) in [5, 5.41) is 2.80. The van der Waals surface area contributed by atoms with Crippen molar-refractivity contribution in [1.29, 1.82) is 0 Å². The quantitative estimate of drug-likeness (QED) is 0.269. The van der Waals surface area contributed by atoms with Crippen molar-refractivity contribution in [2.75, 3.05) is 22.0 Å². The average Bonchev–Trinajstić information content (AvgIpc) is 3.16. The first-order chi connectivity index (χ1) is 19.5. The molecule has 3 aromatic carbocycles. The number of benzene rings is 3. The number of aromatic nitrogens is 4. The van der Waals surface area contributed by atoms with Crippen LogP contribution in [-0.2, 0) is 17.1 Å². The van der Waals surface area contributed by atoms with Crippen LogP contribution in [0.2, 0.25) is 0 Å². The fourth-order valence-electron chi connectivity index (χ4n) is 4.44. The maximum atomic E-state index is 13.2. The van der Waals surface area contributed by atoms with Crippen LogP contribution in [0.1, 0.15) is 16.1 Å². The molecule has 0 aliphatic heterocycles. The Morgan fingerprint density at radius 2 is 1.63 bits per heavy atom. The van der Waals surface area contributed by atoms with E-state index in [1.165, 1.54) is 10.9 Å². The van der Waals surface area contributed by atoms with Crippen molar-refractivity contribution in [2.45, 2.75) is 6.92 Å². The lowest BCUT2D eigenvalue weighted by Gasteiger charge is -2.10. The molecule has 208 valence electrons. The molecule has 1 amide bonds. The van der Waals surface area contributed by atoms with Gasteiger partial charge in [0.2, 0.25) is 10.0 Å². The summed E-state index contributed by atoms with van der Waals surface area (Å²) < 4.78 is 28.8. The van der Waals surface area contributed by atoms with Crippen molar-refractivity contribution in [2.24, 2.45) is 7.05 Å². The Morgan fingerprint density at radius 3 is 2.32 bits per heavy atom. The molecule has 5 rings (SSSR count). The molecule has 0 aliphatic carbocycles. The van der Waals surface area contributed by atoms with Gasteiger partial charge in [0.15, 0.2) is 0 Å². The molecule has 0 spiro atoms. The maximum absolute atomic E-state index is 13.2. The van der Waals surface area contributed by atoms with E-state index in [9.17, 15) is 18.0 Å². The zero-order chi connectivity index (χ0) is 29.3. The number of nitrogens with one attached hydrogen (secondary N) is 2. The molecule has 0 radical (unpaired) electrons. The van der Waals surface area contributed by atoms with Crippen LogP contribution in [-0.4, -0.2) is 39.9 Å². The van der Waals surface area contributed by atoms with Gasteiger partial charge in [0.25, 0.3) is 11.5 Å². The standard InChI is InChI=1S/C29H27N7O4S/c1-18-25(29(38)36(35(18)2)23-10-5-4-6-11-23)28(37)32-21-14-12-19(13-15-21)26-27(30)31-17-24(33-26)20-8-7-9-22(16-20)34-41(3,39)40/h4-17,34H,1-3H3,(H2,30,31)(H,32,37). The van der Waals surface area contributed by atoms with Crippen molar-refractivity contribution in [1.82, 2.24) is 19.3 Å². The van der Waals surface area contributed by atoms with Crippen LogP contribution in [0, 0.1) is 6.92 Å². The largest absolute Gasteiger partial charge is 0.382 e. The zero-order valence-electron chi connectivity index (χ0n) is 22.5. The van der Waals surface area contributed by atoms with E-state index in [1.54, 1.807) is 79.3 Å². The highest BCUT2D eigenvalue weighted by atomic mass is 32.2. The third-order valence-corrected chi connectivity index (χ3v) is 7.07. The van der Waals surface area contributed by atoms with Gasteiger partial charge in [-0.2, -0.15) is 0 Å². The Kier molecular flexibility index (Phi) is 7.16. The van der Waals surface area contributed by atoms with Crippen molar-refractivity contribution in [3.05, 3.63) is 107 Å². The molecule has 5 aromatic rings. The van der Waals surface area contributed by atoms with Crippen LogP contribution in [0.25, 0.3) is 28.2 Å². The Morgan fingerprint density at radius 1 is 0.927 bits per heavy atom. The van der Waals surface area contributed by atoms with Crippen molar-refractivity contribution in [3.8, 4) is 28.2 Å². The lowest BCUT2D eigenvalue weighted by atomic mass is 10.1. The topological polar surface area (TPSA) is 154 Å². The molecule has 41 heavy (non-hydrogen) atoms. The number of carbonyl (C=O) groups excluding carboxylic acids is 1. The SMILES string of the molecule is Cc1c(C(=O)Nc2ccc(-c3nc(-c4cccc(NS(C)(=O)=O)c4)cnc3N)cc2)c(=O)n(-c2ccccc2)n1C. The van der Waals surface area contributed by atoms with Crippen LogP contribution in [0.4, 0.5) is 17.2 Å². The first kappa shape index (κ1) is 27.3. The number of amides is 1. The molecule has 0 atom stereocenters. The lowest BCUT2D eigenvalue weighted by Crippen LogP contribution is -2.25. The molecular weight excluding hydrogens is 542 g/mol. The summed E-state index contributed by atoms with van der Waals surface area (Å²) in [5.41, 5.74) is 10.1. The van der Waals surface area contributed by atoms with Gasteiger partial charge in [-0.1, -0.05) is 42.5 Å². The molecular formula is C29H27N7O4S. The Bertz CT molecular complexity index is 1930. The highest BCUT2D eigenvalue weighted by molar-refractivity contribution is 7.92. The fourth-order valence-corrected chi connectivity index (χ4v) is 5.00. The van der Waals surface area contributed by atoms with Crippen LogP contribution >= 0.6 is 0 Å². The minimum Gasteiger partial charge on any atom is -0.382 e. The number of nitrogen functional groups attached to an aromatic ring is 1. The molecule has 0 saturated carbocycles. The molecule has 12 heteroatoms. The number of nitrogens with two attached hydrogens (primary N) is 1. The van der Waals surface area contributed by atoms with Crippen molar-refractivity contribution >= 4 is 33.1 Å². The number of rotatable bonds is 7. The maximum Gasteiger partial charge on any atom is 0.284 e. The Labute approximate surface area is 236 Å². The smallest absolute Gasteiger partial charge is 0.284 e. The minimum atomic E-state index is -3.44. The molecule has 2 heterocycles. The first-order valence-corrected chi connectivity index (χ1v) is 14.4. The first-order valence-electron chi connectivity index (χ1n) is 12.5. The van der Waals surface area contributed by atoms with E-state index in [0.717, 1.165) is 6.26 Å². The predicted octanol–water partition coefficient (Wildman–Crippen LogP) is 3.81. The number of nitrogens with zero attached hydrogens (tertiary/aromatic N) is 4. The molecule has 0 saturated heterocycles. The van der Waals surface area contributed by atoms with E-state index in [1.807, 2.05) is 18.2 Å². The second-order valence-corrected chi connectivity index (χ2v) is 11.2. The molecule has 0 bridgehead atoms. The minimum absolute atomic E-state index is 0.0517. The van der Waals surface area contributed by atoms with Gasteiger partial charge in [0, 0.05) is 29.5 Å². The van der Waals surface area contributed by atoms with Crippen molar-refractivity contribution in [3.63, 3.8) is 0 Å². The van der Waals surface area contributed by atoms with Crippen molar-refractivity contribution < 1.29 is 13.2 Å². The summed E-state index contributed by atoms with van der Waals surface area (Å²) in [6, 6.07) is 22.7. The summed E-state index contributed by atoms with van der Waals surface area (Å²) in [6.07, 6.45) is 2.59. The number of sulfonamides is 1. The molecule has 0 aliphatic rings. The van der Waals surface area contributed by atoms with Crippen LogP contribution in [0.15, 0.2) is 89.9 Å². The zero-order valence-corrected chi connectivity index (χ0v) is 23.3.